The van der Waals surface area contributed by atoms with E-state index in [4.69, 9.17) is 0 Å². The highest BCUT2D eigenvalue weighted by atomic mass is 16.6. The molecule has 0 saturated carbocycles. The normalized spacial score (nSPS) is 10.5. The van der Waals surface area contributed by atoms with Crippen LogP contribution < -0.4 is 0 Å². The summed E-state index contributed by atoms with van der Waals surface area (Å²) in [5.41, 5.74) is 1.53. The summed E-state index contributed by atoms with van der Waals surface area (Å²) < 4.78 is 0. The molecule has 0 spiro atoms. The number of nitro groups is 1. The standard InChI is InChI=1S/C16H10N2O4/c19-16(20)13-9-15(10-4-2-1-3-5-10)17-14-7-6-11(18(21)22)8-12(13)14/h1-9H,(H,19,20). The van der Waals surface area contributed by atoms with E-state index in [-0.39, 0.29) is 16.6 Å². The molecule has 0 bridgehead atoms. The van der Waals surface area contributed by atoms with E-state index in [1.54, 1.807) is 0 Å². The molecule has 1 aromatic heterocycles. The second-order valence-electron chi connectivity index (χ2n) is 4.68. The number of fused-ring (bicyclic) bond motifs is 1. The molecule has 0 saturated heterocycles. The highest BCUT2D eigenvalue weighted by Gasteiger charge is 2.16. The second kappa shape index (κ2) is 5.25. The van der Waals surface area contributed by atoms with Crippen molar-refractivity contribution in [1.82, 2.24) is 4.98 Å². The van der Waals surface area contributed by atoms with Crippen molar-refractivity contribution in [1.29, 1.82) is 0 Å². The first kappa shape index (κ1) is 13.7. The van der Waals surface area contributed by atoms with Gasteiger partial charge in [-0.15, -0.1) is 0 Å². The third kappa shape index (κ3) is 2.37. The van der Waals surface area contributed by atoms with E-state index in [1.165, 1.54) is 24.3 Å². The summed E-state index contributed by atoms with van der Waals surface area (Å²) in [5.74, 6) is -1.15. The summed E-state index contributed by atoms with van der Waals surface area (Å²) in [6.07, 6.45) is 0. The maximum atomic E-state index is 11.5. The molecule has 0 aliphatic rings. The van der Waals surface area contributed by atoms with Crippen molar-refractivity contribution < 1.29 is 14.8 Å². The summed E-state index contributed by atoms with van der Waals surface area (Å²) in [4.78, 5) is 26.2. The SMILES string of the molecule is O=C(O)c1cc(-c2ccccc2)nc2ccc([N+](=O)[O-])cc12. The minimum atomic E-state index is -1.15. The van der Waals surface area contributed by atoms with E-state index in [9.17, 15) is 20.0 Å². The Kier molecular flexibility index (Phi) is 3.27. The molecule has 0 aliphatic heterocycles. The summed E-state index contributed by atoms with van der Waals surface area (Å²) in [5, 5.41) is 20.5. The molecule has 0 radical (unpaired) electrons. The van der Waals surface area contributed by atoms with Crippen LogP contribution in [0.1, 0.15) is 10.4 Å². The van der Waals surface area contributed by atoms with Crippen molar-refractivity contribution >= 4 is 22.6 Å². The van der Waals surface area contributed by atoms with E-state index in [2.05, 4.69) is 4.98 Å². The van der Waals surface area contributed by atoms with Gasteiger partial charge in [0, 0.05) is 23.1 Å². The predicted molar refractivity (Wildman–Crippen MR) is 80.8 cm³/mol. The van der Waals surface area contributed by atoms with Crippen molar-refractivity contribution in [3.8, 4) is 11.3 Å². The molecule has 6 nitrogen and oxygen atoms in total. The number of hydrogen-bond donors (Lipinski definition) is 1. The number of nitrogens with zero attached hydrogens (tertiary/aromatic N) is 2. The molecule has 0 aliphatic carbocycles. The maximum absolute atomic E-state index is 11.5. The first-order chi connectivity index (χ1) is 10.6. The molecular weight excluding hydrogens is 284 g/mol. The third-order valence-corrected chi connectivity index (χ3v) is 3.30. The van der Waals surface area contributed by atoms with E-state index in [1.807, 2.05) is 30.3 Å². The lowest BCUT2D eigenvalue weighted by atomic mass is 10.0. The molecule has 22 heavy (non-hydrogen) atoms. The Morgan fingerprint density at radius 1 is 1.09 bits per heavy atom. The number of rotatable bonds is 3. The lowest BCUT2D eigenvalue weighted by Gasteiger charge is -2.07. The smallest absolute Gasteiger partial charge is 0.336 e. The van der Waals surface area contributed by atoms with Gasteiger partial charge in [-0.1, -0.05) is 30.3 Å². The molecule has 3 rings (SSSR count). The summed E-state index contributed by atoms with van der Waals surface area (Å²) in [6.45, 7) is 0. The van der Waals surface area contributed by atoms with Gasteiger partial charge in [0.1, 0.15) is 0 Å². The average Bonchev–Trinajstić information content (AvgIpc) is 2.53. The highest BCUT2D eigenvalue weighted by molar-refractivity contribution is 6.04. The van der Waals surface area contributed by atoms with Gasteiger partial charge < -0.3 is 5.11 Å². The zero-order valence-electron chi connectivity index (χ0n) is 11.3. The summed E-state index contributed by atoms with van der Waals surface area (Å²) in [7, 11) is 0. The monoisotopic (exact) mass is 294 g/mol. The van der Waals surface area contributed by atoms with Crippen molar-refractivity contribution in [3.63, 3.8) is 0 Å². The number of hydrogen-bond acceptors (Lipinski definition) is 4. The van der Waals surface area contributed by atoms with Crippen LogP contribution >= 0.6 is 0 Å². The number of aromatic carboxylic acids is 1. The van der Waals surface area contributed by atoms with Crippen LogP contribution in [0.2, 0.25) is 0 Å². The number of carboxylic acid groups (broad SMARTS) is 1. The quantitative estimate of drug-likeness (QED) is 0.589. The van der Waals surface area contributed by atoms with Gasteiger partial charge in [0.05, 0.1) is 21.7 Å². The Hall–Kier alpha value is -3.28. The second-order valence-corrected chi connectivity index (χ2v) is 4.68. The van der Waals surface area contributed by atoms with E-state index in [0.29, 0.717) is 11.2 Å². The van der Waals surface area contributed by atoms with E-state index >= 15 is 0 Å². The number of carbonyl (C=O) groups is 1. The molecule has 108 valence electrons. The van der Waals surface area contributed by atoms with Crippen LogP contribution in [0.25, 0.3) is 22.2 Å². The number of benzene rings is 2. The number of pyridine rings is 1. The van der Waals surface area contributed by atoms with Gasteiger partial charge in [0.2, 0.25) is 0 Å². The van der Waals surface area contributed by atoms with E-state index < -0.39 is 10.9 Å². The molecule has 0 atom stereocenters. The Balaban J connectivity index is 2.30. The van der Waals surface area contributed by atoms with Crippen LogP contribution in [0.4, 0.5) is 5.69 Å². The molecule has 6 heteroatoms. The van der Waals surface area contributed by atoms with Crippen LogP contribution in [-0.4, -0.2) is 21.0 Å². The predicted octanol–water partition coefficient (Wildman–Crippen LogP) is 3.51. The molecule has 1 N–H and O–H groups in total. The summed E-state index contributed by atoms with van der Waals surface area (Å²) >= 11 is 0. The number of aromatic nitrogens is 1. The van der Waals surface area contributed by atoms with Gasteiger partial charge in [-0.25, -0.2) is 9.78 Å². The van der Waals surface area contributed by atoms with Crippen molar-refractivity contribution in [3.05, 3.63) is 70.3 Å². The van der Waals surface area contributed by atoms with Crippen LogP contribution in [0.3, 0.4) is 0 Å². The summed E-state index contributed by atoms with van der Waals surface area (Å²) in [6, 6.07) is 14.6. The van der Waals surface area contributed by atoms with Gasteiger partial charge >= 0.3 is 5.97 Å². The Morgan fingerprint density at radius 3 is 2.45 bits per heavy atom. The van der Waals surface area contributed by atoms with Crippen molar-refractivity contribution in [2.24, 2.45) is 0 Å². The third-order valence-electron chi connectivity index (χ3n) is 3.30. The minimum Gasteiger partial charge on any atom is -0.478 e. The molecule has 3 aromatic rings. The maximum Gasteiger partial charge on any atom is 0.336 e. The van der Waals surface area contributed by atoms with Gasteiger partial charge in [0.15, 0.2) is 0 Å². The van der Waals surface area contributed by atoms with Gasteiger partial charge in [-0.05, 0) is 12.1 Å². The fourth-order valence-corrected chi connectivity index (χ4v) is 2.26. The van der Waals surface area contributed by atoms with Crippen LogP contribution in [-0.2, 0) is 0 Å². The fourth-order valence-electron chi connectivity index (χ4n) is 2.26. The average molecular weight is 294 g/mol. The lowest BCUT2D eigenvalue weighted by Crippen LogP contribution is -2.01. The van der Waals surface area contributed by atoms with Crippen LogP contribution in [0.15, 0.2) is 54.6 Å². The van der Waals surface area contributed by atoms with Crippen LogP contribution in [0, 0.1) is 10.1 Å². The molecule has 0 amide bonds. The number of non-ortho nitro benzene ring substituents is 1. The molecular formula is C16H10N2O4. The van der Waals surface area contributed by atoms with Gasteiger partial charge in [-0.3, -0.25) is 10.1 Å². The molecule has 0 fully saturated rings. The minimum absolute atomic E-state index is 0.00690. The Bertz CT molecular complexity index is 891. The van der Waals surface area contributed by atoms with Crippen molar-refractivity contribution in [2.45, 2.75) is 0 Å². The topological polar surface area (TPSA) is 93.3 Å². The lowest BCUT2D eigenvalue weighted by molar-refractivity contribution is -0.384. The Morgan fingerprint density at radius 2 is 1.82 bits per heavy atom. The zero-order chi connectivity index (χ0) is 15.7. The van der Waals surface area contributed by atoms with Crippen molar-refractivity contribution in [2.75, 3.05) is 0 Å². The molecule has 0 unspecified atom stereocenters. The molecule has 2 aromatic carbocycles. The van der Waals surface area contributed by atoms with Crippen LogP contribution in [0.5, 0.6) is 0 Å². The first-order valence-corrected chi connectivity index (χ1v) is 6.44. The highest BCUT2D eigenvalue weighted by Crippen LogP contribution is 2.27. The molecule has 1 heterocycles. The Labute approximate surface area is 124 Å². The fraction of sp³-hybridized carbons (Fsp3) is 0. The van der Waals surface area contributed by atoms with E-state index in [0.717, 1.165) is 5.56 Å². The largest absolute Gasteiger partial charge is 0.478 e. The number of carboxylic acids is 1. The van der Waals surface area contributed by atoms with Gasteiger partial charge in [-0.2, -0.15) is 0 Å². The number of nitro benzene ring substituents is 1. The van der Waals surface area contributed by atoms with Gasteiger partial charge in [0.25, 0.3) is 5.69 Å². The zero-order valence-corrected chi connectivity index (χ0v) is 11.3. The first-order valence-electron chi connectivity index (χ1n) is 6.44.